The molecule has 0 aromatic carbocycles. The minimum absolute atomic E-state index is 0.725. The van der Waals surface area contributed by atoms with Gasteiger partial charge in [0.15, 0.2) is 0 Å². The maximum atomic E-state index is 4.31. The highest BCUT2D eigenvalue weighted by Gasteiger charge is 2.17. The summed E-state index contributed by atoms with van der Waals surface area (Å²) in [5.41, 5.74) is 8.62. The van der Waals surface area contributed by atoms with Crippen molar-refractivity contribution in [1.82, 2.24) is 0 Å². The molecule has 2 aliphatic rings. The highest BCUT2D eigenvalue weighted by molar-refractivity contribution is 4.64. The van der Waals surface area contributed by atoms with Crippen LogP contribution in [0.5, 0.6) is 0 Å². The Morgan fingerprint density at radius 3 is 1.11 bits per heavy atom. The standard InChI is InChI=1S/C23H48N4/c24-20-10-1-5-14-22(15-6-2-11-20)26-18-9-19-27-23-16-7-3-12-21(25)13-4-8-17-23/h20-23,26-27H,1-19,24-25H2/p+4. The smallest absolute Gasteiger partial charge is 0.0859 e. The van der Waals surface area contributed by atoms with Crippen molar-refractivity contribution in [1.29, 1.82) is 0 Å². The first kappa shape index (κ1) is 23.1. The molecule has 2 saturated carbocycles. The van der Waals surface area contributed by atoms with E-state index in [0.717, 1.165) is 24.2 Å². The van der Waals surface area contributed by atoms with Gasteiger partial charge in [0.25, 0.3) is 0 Å². The third kappa shape index (κ3) is 11.4. The lowest BCUT2D eigenvalue weighted by molar-refractivity contribution is -0.714. The van der Waals surface area contributed by atoms with Gasteiger partial charge in [-0.1, -0.05) is 0 Å². The van der Waals surface area contributed by atoms with Crippen LogP contribution in [0.4, 0.5) is 0 Å². The van der Waals surface area contributed by atoms with E-state index < -0.39 is 0 Å². The topological polar surface area (TPSA) is 88.5 Å². The van der Waals surface area contributed by atoms with Crippen molar-refractivity contribution in [3.8, 4) is 0 Å². The maximum Gasteiger partial charge on any atom is 0.0859 e. The molecule has 0 saturated heterocycles. The van der Waals surface area contributed by atoms with Crippen LogP contribution in [0.2, 0.25) is 0 Å². The van der Waals surface area contributed by atoms with Gasteiger partial charge in [-0.25, -0.2) is 0 Å². The van der Waals surface area contributed by atoms with Crippen molar-refractivity contribution in [2.24, 2.45) is 0 Å². The Labute approximate surface area is 169 Å². The van der Waals surface area contributed by atoms with Gasteiger partial charge < -0.3 is 22.1 Å². The van der Waals surface area contributed by atoms with Gasteiger partial charge in [0.05, 0.1) is 37.3 Å². The number of hydrogen-bond acceptors (Lipinski definition) is 0. The van der Waals surface area contributed by atoms with E-state index >= 15 is 0 Å². The van der Waals surface area contributed by atoms with E-state index in [1.807, 2.05) is 0 Å². The SMILES string of the molecule is [NH3+]C1CCCCC([NH2+]CCC[NH2+]C2CCCCC([NH3+])CCCC2)CCCC1. The summed E-state index contributed by atoms with van der Waals surface area (Å²) in [7, 11) is 0. The van der Waals surface area contributed by atoms with Gasteiger partial charge in [-0.2, -0.15) is 0 Å². The van der Waals surface area contributed by atoms with Crippen LogP contribution < -0.4 is 22.1 Å². The van der Waals surface area contributed by atoms with Crippen LogP contribution in [-0.4, -0.2) is 37.3 Å². The summed E-state index contributed by atoms with van der Waals surface area (Å²) in [5.74, 6) is 0. The van der Waals surface area contributed by atoms with Crippen LogP contribution in [-0.2, 0) is 0 Å². The van der Waals surface area contributed by atoms with E-state index in [1.54, 1.807) is 0 Å². The van der Waals surface area contributed by atoms with Gasteiger partial charge in [-0.3, -0.25) is 0 Å². The van der Waals surface area contributed by atoms with Crippen LogP contribution in [0, 0.1) is 0 Å². The van der Waals surface area contributed by atoms with Gasteiger partial charge in [0, 0.05) is 6.42 Å². The number of nitrogens with two attached hydrogens (primary N) is 2. The minimum Gasteiger partial charge on any atom is -0.355 e. The molecule has 0 spiro atoms. The summed E-state index contributed by atoms with van der Waals surface area (Å²) >= 11 is 0. The summed E-state index contributed by atoms with van der Waals surface area (Å²) in [4.78, 5) is 0. The zero-order valence-corrected chi connectivity index (χ0v) is 18.3. The largest absolute Gasteiger partial charge is 0.355 e. The average Bonchev–Trinajstić information content (AvgIpc) is 2.67. The number of rotatable bonds is 6. The number of hydrogen-bond donors (Lipinski definition) is 4. The molecule has 0 radical (unpaired) electrons. The minimum atomic E-state index is 0.725. The lowest BCUT2D eigenvalue weighted by atomic mass is 9.95. The molecule has 2 rings (SSSR count). The predicted octanol–water partition coefficient (Wildman–Crippen LogP) is 0.730. The highest BCUT2D eigenvalue weighted by Crippen LogP contribution is 2.15. The molecule has 0 heterocycles. The normalized spacial score (nSPS) is 32.7. The van der Waals surface area contributed by atoms with Crippen LogP contribution in [0.15, 0.2) is 0 Å². The molecule has 4 nitrogen and oxygen atoms in total. The summed E-state index contributed by atoms with van der Waals surface area (Å²) in [6, 6.07) is 3.25. The Bertz CT molecular complexity index is 293. The third-order valence-corrected chi connectivity index (χ3v) is 7.16. The molecule has 10 N–H and O–H groups in total. The summed E-state index contributed by atoms with van der Waals surface area (Å²) in [6.45, 7) is 2.68. The van der Waals surface area contributed by atoms with E-state index in [0.29, 0.717) is 0 Å². The van der Waals surface area contributed by atoms with Crippen molar-refractivity contribution < 1.29 is 22.1 Å². The lowest BCUT2D eigenvalue weighted by Gasteiger charge is -2.19. The molecule has 160 valence electrons. The van der Waals surface area contributed by atoms with Crippen LogP contribution in [0.1, 0.15) is 109 Å². The maximum absolute atomic E-state index is 4.31. The van der Waals surface area contributed by atoms with Crippen LogP contribution >= 0.6 is 0 Å². The molecule has 2 aliphatic carbocycles. The first-order valence-electron chi connectivity index (χ1n) is 12.6. The van der Waals surface area contributed by atoms with E-state index in [-0.39, 0.29) is 0 Å². The molecule has 0 amide bonds. The fraction of sp³-hybridized carbons (Fsp3) is 1.00. The van der Waals surface area contributed by atoms with E-state index in [2.05, 4.69) is 22.1 Å². The van der Waals surface area contributed by atoms with Crippen LogP contribution in [0.25, 0.3) is 0 Å². The fourth-order valence-corrected chi connectivity index (χ4v) is 5.23. The summed E-state index contributed by atoms with van der Waals surface area (Å²) in [6.07, 6.45) is 23.9. The van der Waals surface area contributed by atoms with E-state index in [9.17, 15) is 0 Å². The molecule has 4 heteroatoms. The van der Waals surface area contributed by atoms with Crippen molar-refractivity contribution in [2.75, 3.05) is 13.1 Å². The Balaban J connectivity index is 1.54. The third-order valence-electron chi connectivity index (χ3n) is 7.16. The second-order valence-corrected chi connectivity index (χ2v) is 9.79. The lowest BCUT2D eigenvalue weighted by Crippen LogP contribution is -2.93. The van der Waals surface area contributed by atoms with E-state index in [4.69, 9.17) is 0 Å². The van der Waals surface area contributed by atoms with Gasteiger partial charge >= 0.3 is 0 Å². The van der Waals surface area contributed by atoms with Gasteiger partial charge in [-0.15, -0.1) is 0 Å². The predicted molar refractivity (Wildman–Crippen MR) is 113 cm³/mol. The molecular weight excluding hydrogens is 332 g/mol. The van der Waals surface area contributed by atoms with Crippen molar-refractivity contribution in [3.63, 3.8) is 0 Å². The molecule has 2 fully saturated rings. The summed E-state index contributed by atoms with van der Waals surface area (Å²) in [5, 5.41) is 5.39. The Kier molecular flexibility index (Phi) is 12.7. The molecule has 0 bridgehead atoms. The second kappa shape index (κ2) is 14.8. The Morgan fingerprint density at radius 1 is 0.481 bits per heavy atom. The molecule has 0 aromatic rings. The first-order valence-corrected chi connectivity index (χ1v) is 12.6. The zero-order valence-electron chi connectivity index (χ0n) is 18.3. The van der Waals surface area contributed by atoms with Gasteiger partial charge in [-0.05, 0) is 103 Å². The second-order valence-electron chi connectivity index (χ2n) is 9.79. The molecule has 27 heavy (non-hydrogen) atoms. The zero-order chi connectivity index (χ0) is 19.2. The Morgan fingerprint density at radius 2 is 0.778 bits per heavy atom. The molecule has 0 atom stereocenters. The monoisotopic (exact) mass is 384 g/mol. The first-order chi connectivity index (χ1) is 13.2. The van der Waals surface area contributed by atoms with Crippen molar-refractivity contribution in [3.05, 3.63) is 0 Å². The quantitative estimate of drug-likeness (QED) is 0.487. The van der Waals surface area contributed by atoms with E-state index in [1.165, 1.54) is 122 Å². The fourth-order valence-electron chi connectivity index (χ4n) is 5.23. The molecular formula is C23H52N4+4. The van der Waals surface area contributed by atoms with Crippen molar-refractivity contribution >= 4 is 0 Å². The van der Waals surface area contributed by atoms with Crippen molar-refractivity contribution in [2.45, 2.75) is 133 Å². The van der Waals surface area contributed by atoms with Crippen LogP contribution in [0.3, 0.4) is 0 Å². The molecule has 0 aliphatic heterocycles. The Hall–Kier alpha value is -0.160. The van der Waals surface area contributed by atoms with Gasteiger partial charge in [0.2, 0.25) is 0 Å². The molecule has 0 aromatic heterocycles. The summed E-state index contributed by atoms with van der Waals surface area (Å²) < 4.78 is 0. The number of quaternary nitrogens is 4. The van der Waals surface area contributed by atoms with Gasteiger partial charge in [0.1, 0.15) is 0 Å². The average molecular weight is 385 g/mol. The molecule has 0 unspecified atom stereocenters. The highest BCUT2D eigenvalue weighted by atomic mass is 14.9.